The van der Waals surface area contributed by atoms with Crippen LogP contribution in [0.2, 0.25) is 0 Å². The highest BCUT2D eigenvalue weighted by Gasteiger charge is 2.12. The Balaban J connectivity index is 2.32. The van der Waals surface area contributed by atoms with Gasteiger partial charge in [0.05, 0.1) is 11.4 Å². The molecule has 0 aliphatic carbocycles. The number of hydrogen-bond acceptors (Lipinski definition) is 2. The van der Waals surface area contributed by atoms with Crippen LogP contribution in [-0.4, -0.2) is 5.91 Å². The van der Waals surface area contributed by atoms with Gasteiger partial charge in [-0.05, 0) is 71.2 Å². The van der Waals surface area contributed by atoms with Crippen LogP contribution in [0.15, 0.2) is 39.3 Å². The fraction of sp³-hybridized carbons (Fsp3) is 0.133. The molecule has 2 aromatic carbocycles. The van der Waals surface area contributed by atoms with Crippen molar-refractivity contribution >= 4 is 49.1 Å². The first-order valence-electron chi connectivity index (χ1n) is 6.01. The average Bonchev–Trinajstić information content (AvgIpc) is 2.32. The summed E-state index contributed by atoms with van der Waals surface area (Å²) < 4.78 is 1.65. The summed E-state index contributed by atoms with van der Waals surface area (Å²) in [7, 11) is 0. The van der Waals surface area contributed by atoms with Gasteiger partial charge in [-0.2, -0.15) is 0 Å². The van der Waals surface area contributed by atoms with E-state index in [-0.39, 0.29) is 5.91 Å². The van der Waals surface area contributed by atoms with E-state index in [0.29, 0.717) is 16.9 Å². The van der Waals surface area contributed by atoms with Gasteiger partial charge in [0.2, 0.25) is 0 Å². The highest BCUT2D eigenvalue weighted by atomic mass is 79.9. The molecule has 3 nitrogen and oxygen atoms in total. The summed E-state index contributed by atoms with van der Waals surface area (Å²) in [4.78, 5) is 12.3. The first-order valence-corrected chi connectivity index (χ1v) is 7.59. The van der Waals surface area contributed by atoms with Crippen molar-refractivity contribution < 1.29 is 4.79 Å². The minimum absolute atomic E-state index is 0.189. The van der Waals surface area contributed by atoms with E-state index < -0.39 is 0 Å². The first-order chi connectivity index (χ1) is 9.36. The smallest absolute Gasteiger partial charge is 0.255 e. The molecule has 5 heteroatoms. The largest absolute Gasteiger partial charge is 0.397 e. The van der Waals surface area contributed by atoms with Crippen molar-refractivity contribution in [2.45, 2.75) is 13.8 Å². The Morgan fingerprint density at radius 3 is 2.30 bits per heavy atom. The summed E-state index contributed by atoms with van der Waals surface area (Å²) in [5.41, 5.74) is 9.72. The van der Waals surface area contributed by atoms with Gasteiger partial charge in [-0.3, -0.25) is 4.79 Å². The van der Waals surface area contributed by atoms with Crippen molar-refractivity contribution in [3.8, 4) is 0 Å². The average molecular weight is 398 g/mol. The van der Waals surface area contributed by atoms with Crippen LogP contribution in [0.3, 0.4) is 0 Å². The van der Waals surface area contributed by atoms with Crippen molar-refractivity contribution in [2.75, 3.05) is 11.1 Å². The van der Waals surface area contributed by atoms with Gasteiger partial charge in [0.25, 0.3) is 5.91 Å². The summed E-state index contributed by atoms with van der Waals surface area (Å²) in [5.74, 6) is -0.189. The van der Waals surface area contributed by atoms with E-state index in [9.17, 15) is 4.79 Å². The number of nitrogens with one attached hydrogen (secondary N) is 1. The minimum atomic E-state index is -0.189. The van der Waals surface area contributed by atoms with Gasteiger partial charge in [-0.15, -0.1) is 0 Å². The Bertz CT molecular complexity index is 640. The molecule has 0 aliphatic rings. The number of rotatable bonds is 2. The van der Waals surface area contributed by atoms with Gasteiger partial charge in [0.15, 0.2) is 0 Å². The van der Waals surface area contributed by atoms with E-state index in [2.05, 4.69) is 37.2 Å². The van der Waals surface area contributed by atoms with Crippen LogP contribution in [0.5, 0.6) is 0 Å². The van der Waals surface area contributed by atoms with Crippen LogP contribution < -0.4 is 11.1 Å². The molecular weight excluding hydrogens is 384 g/mol. The summed E-state index contributed by atoms with van der Waals surface area (Å²) in [6, 6.07) is 9.30. The van der Waals surface area contributed by atoms with Gasteiger partial charge < -0.3 is 11.1 Å². The molecule has 0 atom stereocenters. The number of benzene rings is 2. The van der Waals surface area contributed by atoms with Crippen LogP contribution in [0.4, 0.5) is 11.4 Å². The summed E-state index contributed by atoms with van der Waals surface area (Å²) in [6.45, 7) is 3.89. The standard InChI is InChI=1S/C15H14Br2N2O/c1-8-3-10(7-11(16)4-8)15(20)19-14-12(17)5-9(2)6-13(14)18/h3-7H,18H2,1-2H3,(H,19,20). The predicted molar refractivity (Wildman–Crippen MR) is 90.1 cm³/mol. The zero-order valence-electron chi connectivity index (χ0n) is 11.1. The Morgan fingerprint density at radius 2 is 1.70 bits per heavy atom. The molecule has 0 radical (unpaired) electrons. The number of nitrogen functional groups attached to an aromatic ring is 1. The predicted octanol–water partition coefficient (Wildman–Crippen LogP) is 4.66. The Labute approximate surface area is 134 Å². The second-order valence-electron chi connectivity index (χ2n) is 4.68. The zero-order chi connectivity index (χ0) is 14.9. The number of amides is 1. The van der Waals surface area contributed by atoms with E-state index >= 15 is 0 Å². The molecule has 0 aromatic heterocycles. The molecule has 104 valence electrons. The Kier molecular flexibility index (Phi) is 4.50. The third-order valence-electron chi connectivity index (χ3n) is 2.81. The number of halogens is 2. The lowest BCUT2D eigenvalue weighted by Crippen LogP contribution is -2.14. The van der Waals surface area contributed by atoms with Crippen molar-refractivity contribution in [2.24, 2.45) is 0 Å². The monoisotopic (exact) mass is 396 g/mol. The van der Waals surface area contributed by atoms with Crippen molar-refractivity contribution in [1.82, 2.24) is 0 Å². The molecule has 0 aliphatic heterocycles. The van der Waals surface area contributed by atoms with E-state index in [1.165, 1.54) is 0 Å². The molecule has 2 rings (SSSR count). The second kappa shape index (κ2) is 5.97. The SMILES string of the molecule is Cc1cc(Br)cc(C(=O)Nc2c(N)cc(C)cc2Br)c1. The molecule has 20 heavy (non-hydrogen) atoms. The summed E-state index contributed by atoms with van der Waals surface area (Å²) in [6.07, 6.45) is 0. The van der Waals surface area contributed by atoms with Crippen molar-refractivity contribution in [3.63, 3.8) is 0 Å². The fourth-order valence-corrected chi connectivity index (χ4v) is 3.25. The number of carbonyl (C=O) groups is 1. The van der Waals surface area contributed by atoms with Crippen LogP contribution >= 0.6 is 31.9 Å². The molecule has 0 unspecified atom stereocenters. The Hall–Kier alpha value is -1.33. The molecule has 0 heterocycles. The molecular formula is C15H14Br2N2O. The number of nitrogens with two attached hydrogens (primary N) is 1. The second-order valence-corrected chi connectivity index (χ2v) is 6.45. The minimum Gasteiger partial charge on any atom is -0.397 e. The third-order valence-corrected chi connectivity index (χ3v) is 3.89. The summed E-state index contributed by atoms with van der Waals surface area (Å²) in [5, 5.41) is 2.84. The number of anilines is 2. The molecule has 2 aromatic rings. The Morgan fingerprint density at radius 1 is 1.05 bits per heavy atom. The topological polar surface area (TPSA) is 55.1 Å². The molecule has 0 saturated carbocycles. The van der Waals surface area contributed by atoms with Crippen LogP contribution in [0.25, 0.3) is 0 Å². The maximum Gasteiger partial charge on any atom is 0.255 e. The molecule has 0 spiro atoms. The molecule has 0 fully saturated rings. The van der Waals surface area contributed by atoms with E-state index in [4.69, 9.17) is 5.73 Å². The zero-order valence-corrected chi connectivity index (χ0v) is 14.3. The fourth-order valence-electron chi connectivity index (χ4n) is 1.95. The number of hydrogen-bond donors (Lipinski definition) is 2. The van der Waals surface area contributed by atoms with Gasteiger partial charge in [-0.25, -0.2) is 0 Å². The summed E-state index contributed by atoms with van der Waals surface area (Å²) >= 11 is 6.82. The van der Waals surface area contributed by atoms with Gasteiger partial charge >= 0.3 is 0 Å². The van der Waals surface area contributed by atoms with E-state index in [1.54, 1.807) is 6.07 Å². The van der Waals surface area contributed by atoms with Crippen LogP contribution in [0, 0.1) is 13.8 Å². The lowest BCUT2D eigenvalue weighted by molar-refractivity contribution is 0.102. The highest BCUT2D eigenvalue weighted by Crippen LogP contribution is 2.30. The quantitative estimate of drug-likeness (QED) is 0.723. The number of aryl methyl sites for hydroxylation is 2. The van der Waals surface area contributed by atoms with Crippen LogP contribution in [-0.2, 0) is 0 Å². The van der Waals surface area contributed by atoms with Crippen molar-refractivity contribution in [1.29, 1.82) is 0 Å². The highest BCUT2D eigenvalue weighted by molar-refractivity contribution is 9.10. The van der Waals surface area contributed by atoms with Gasteiger partial charge in [0.1, 0.15) is 0 Å². The van der Waals surface area contributed by atoms with Gasteiger partial charge in [0, 0.05) is 14.5 Å². The third kappa shape index (κ3) is 3.41. The molecule has 1 amide bonds. The lowest BCUT2D eigenvalue weighted by atomic mass is 10.1. The maximum absolute atomic E-state index is 12.3. The van der Waals surface area contributed by atoms with Crippen LogP contribution in [0.1, 0.15) is 21.5 Å². The molecule has 0 saturated heterocycles. The molecule has 3 N–H and O–H groups in total. The first kappa shape index (κ1) is 15.1. The van der Waals surface area contributed by atoms with E-state index in [1.807, 2.05) is 38.1 Å². The van der Waals surface area contributed by atoms with Gasteiger partial charge in [-0.1, -0.05) is 15.9 Å². The van der Waals surface area contributed by atoms with E-state index in [0.717, 1.165) is 20.1 Å². The van der Waals surface area contributed by atoms with Crippen molar-refractivity contribution in [3.05, 3.63) is 56.0 Å². The maximum atomic E-state index is 12.3. The number of carbonyl (C=O) groups excluding carboxylic acids is 1. The lowest BCUT2D eigenvalue weighted by Gasteiger charge is -2.12. The normalized spacial score (nSPS) is 10.4. The molecule has 0 bridgehead atoms.